The van der Waals surface area contributed by atoms with Crippen LogP contribution in [0, 0.1) is 0 Å². The number of rotatable bonds is 3. The molecule has 0 amide bonds. The van der Waals surface area contributed by atoms with Gasteiger partial charge in [0, 0.05) is 0 Å². The highest BCUT2D eigenvalue weighted by molar-refractivity contribution is 5.98. The largest absolute Gasteiger partial charge is 0.496 e. The van der Waals surface area contributed by atoms with Gasteiger partial charge in [0.2, 0.25) is 0 Å². The van der Waals surface area contributed by atoms with E-state index in [4.69, 9.17) is 4.74 Å². The van der Waals surface area contributed by atoms with Gasteiger partial charge in [0.05, 0.1) is 12.7 Å². The summed E-state index contributed by atoms with van der Waals surface area (Å²) >= 11 is 0. The molecular formula is C11H14O2. The van der Waals surface area contributed by atoms with Gasteiger partial charge in [-0.25, -0.2) is 0 Å². The standard InChI is InChI=1S/C11H14O2/c1-4-9-6-5-7-10(13-3)11(9)8(2)12/h5-7H,4H2,1-3H3. The molecule has 0 atom stereocenters. The molecular weight excluding hydrogens is 164 g/mol. The van der Waals surface area contributed by atoms with Crippen molar-refractivity contribution in [2.45, 2.75) is 20.3 Å². The Morgan fingerprint density at radius 3 is 2.62 bits per heavy atom. The molecule has 0 spiro atoms. The van der Waals surface area contributed by atoms with E-state index < -0.39 is 0 Å². The Balaban J connectivity index is 3.29. The van der Waals surface area contributed by atoms with Gasteiger partial charge in [-0.2, -0.15) is 0 Å². The highest BCUT2D eigenvalue weighted by atomic mass is 16.5. The van der Waals surface area contributed by atoms with Crippen LogP contribution in [0.25, 0.3) is 0 Å². The first-order valence-electron chi connectivity index (χ1n) is 4.37. The lowest BCUT2D eigenvalue weighted by molar-refractivity contribution is 0.101. The molecule has 0 aliphatic carbocycles. The second-order valence-electron chi connectivity index (χ2n) is 2.90. The molecule has 0 aliphatic rings. The van der Waals surface area contributed by atoms with Crippen LogP contribution in [0.2, 0.25) is 0 Å². The highest BCUT2D eigenvalue weighted by Crippen LogP contribution is 2.22. The summed E-state index contributed by atoms with van der Waals surface area (Å²) < 4.78 is 5.13. The minimum Gasteiger partial charge on any atom is -0.496 e. The molecule has 0 N–H and O–H groups in total. The van der Waals surface area contributed by atoms with Crippen molar-refractivity contribution in [1.82, 2.24) is 0 Å². The van der Waals surface area contributed by atoms with Crippen molar-refractivity contribution < 1.29 is 9.53 Å². The predicted octanol–water partition coefficient (Wildman–Crippen LogP) is 2.46. The van der Waals surface area contributed by atoms with E-state index in [0.717, 1.165) is 12.0 Å². The molecule has 70 valence electrons. The molecule has 0 fully saturated rings. The quantitative estimate of drug-likeness (QED) is 0.664. The number of ketones is 1. The van der Waals surface area contributed by atoms with Gasteiger partial charge in [-0.3, -0.25) is 4.79 Å². The minimum absolute atomic E-state index is 0.0642. The molecule has 1 rings (SSSR count). The summed E-state index contributed by atoms with van der Waals surface area (Å²) in [7, 11) is 1.58. The summed E-state index contributed by atoms with van der Waals surface area (Å²) in [6, 6.07) is 5.68. The number of ether oxygens (including phenoxy) is 1. The summed E-state index contributed by atoms with van der Waals surface area (Å²) in [5, 5.41) is 0. The Hall–Kier alpha value is -1.31. The molecule has 0 heterocycles. The Bertz CT molecular complexity index is 294. The summed E-state index contributed by atoms with van der Waals surface area (Å²) in [4.78, 5) is 11.3. The number of hydrogen-bond acceptors (Lipinski definition) is 2. The third-order valence-electron chi connectivity index (χ3n) is 2.07. The molecule has 2 heteroatoms. The number of carbonyl (C=O) groups excluding carboxylic acids is 1. The van der Waals surface area contributed by atoms with Gasteiger partial charge >= 0.3 is 0 Å². The topological polar surface area (TPSA) is 26.3 Å². The van der Waals surface area contributed by atoms with E-state index in [0.29, 0.717) is 11.3 Å². The zero-order chi connectivity index (χ0) is 9.84. The predicted molar refractivity (Wildman–Crippen MR) is 52.4 cm³/mol. The summed E-state index contributed by atoms with van der Waals surface area (Å²) in [6.45, 7) is 3.60. The van der Waals surface area contributed by atoms with E-state index in [1.54, 1.807) is 14.0 Å². The van der Waals surface area contributed by atoms with Gasteiger partial charge in [-0.1, -0.05) is 19.1 Å². The molecule has 0 radical (unpaired) electrons. The maximum atomic E-state index is 11.3. The van der Waals surface area contributed by atoms with E-state index in [2.05, 4.69) is 0 Å². The summed E-state index contributed by atoms with van der Waals surface area (Å²) in [5.41, 5.74) is 1.76. The molecule has 2 nitrogen and oxygen atoms in total. The van der Waals surface area contributed by atoms with Crippen molar-refractivity contribution >= 4 is 5.78 Å². The molecule has 1 aromatic carbocycles. The average Bonchev–Trinajstić information content (AvgIpc) is 2.16. The van der Waals surface area contributed by atoms with Crippen molar-refractivity contribution in [3.63, 3.8) is 0 Å². The summed E-state index contributed by atoms with van der Waals surface area (Å²) in [5.74, 6) is 0.737. The second kappa shape index (κ2) is 4.08. The highest BCUT2D eigenvalue weighted by Gasteiger charge is 2.11. The first-order chi connectivity index (χ1) is 6.20. The van der Waals surface area contributed by atoms with Crippen LogP contribution in [0.5, 0.6) is 5.75 Å². The van der Waals surface area contributed by atoms with Crippen LogP contribution in [0.1, 0.15) is 29.8 Å². The lowest BCUT2D eigenvalue weighted by Crippen LogP contribution is -2.02. The van der Waals surface area contributed by atoms with Crippen LogP contribution in [-0.2, 0) is 6.42 Å². The van der Waals surface area contributed by atoms with E-state index in [1.165, 1.54) is 0 Å². The van der Waals surface area contributed by atoms with E-state index in [9.17, 15) is 4.79 Å². The number of aryl methyl sites for hydroxylation is 1. The average molecular weight is 178 g/mol. The third-order valence-corrected chi connectivity index (χ3v) is 2.07. The number of Topliss-reactive ketones (excluding diaryl/α,β-unsaturated/α-hetero) is 1. The van der Waals surface area contributed by atoms with E-state index >= 15 is 0 Å². The van der Waals surface area contributed by atoms with Crippen LogP contribution in [0.4, 0.5) is 0 Å². The normalized spacial score (nSPS) is 9.77. The SMILES string of the molecule is CCc1cccc(OC)c1C(C)=O. The van der Waals surface area contributed by atoms with Gasteiger partial charge in [-0.15, -0.1) is 0 Å². The molecule has 0 saturated carbocycles. The third kappa shape index (κ3) is 1.89. The number of methoxy groups -OCH3 is 1. The molecule has 13 heavy (non-hydrogen) atoms. The van der Waals surface area contributed by atoms with Crippen molar-refractivity contribution in [1.29, 1.82) is 0 Å². The molecule has 0 aliphatic heterocycles. The lowest BCUT2D eigenvalue weighted by atomic mass is 10.0. The van der Waals surface area contributed by atoms with Crippen LogP contribution in [0.3, 0.4) is 0 Å². The van der Waals surface area contributed by atoms with Crippen LogP contribution in [-0.4, -0.2) is 12.9 Å². The number of carbonyl (C=O) groups is 1. The molecule has 1 aromatic rings. The molecule has 0 unspecified atom stereocenters. The first kappa shape index (κ1) is 9.78. The molecule has 0 saturated heterocycles. The number of hydrogen-bond donors (Lipinski definition) is 0. The first-order valence-corrected chi connectivity index (χ1v) is 4.37. The van der Waals surface area contributed by atoms with Crippen LogP contribution >= 0.6 is 0 Å². The van der Waals surface area contributed by atoms with Crippen LogP contribution < -0.4 is 4.74 Å². The maximum absolute atomic E-state index is 11.3. The van der Waals surface area contributed by atoms with E-state index in [-0.39, 0.29) is 5.78 Å². The zero-order valence-corrected chi connectivity index (χ0v) is 8.26. The molecule has 0 aromatic heterocycles. The maximum Gasteiger partial charge on any atom is 0.163 e. The Labute approximate surface area is 78.5 Å². The monoisotopic (exact) mass is 178 g/mol. The lowest BCUT2D eigenvalue weighted by Gasteiger charge is -2.09. The van der Waals surface area contributed by atoms with Gasteiger partial charge in [0.1, 0.15) is 5.75 Å². The van der Waals surface area contributed by atoms with Crippen molar-refractivity contribution in [2.75, 3.05) is 7.11 Å². The van der Waals surface area contributed by atoms with Gasteiger partial charge in [0.15, 0.2) is 5.78 Å². The van der Waals surface area contributed by atoms with E-state index in [1.807, 2.05) is 25.1 Å². The zero-order valence-electron chi connectivity index (χ0n) is 8.26. The smallest absolute Gasteiger partial charge is 0.163 e. The summed E-state index contributed by atoms with van der Waals surface area (Å²) in [6.07, 6.45) is 0.853. The Kier molecular flexibility index (Phi) is 3.07. The Morgan fingerprint density at radius 2 is 2.15 bits per heavy atom. The fourth-order valence-electron chi connectivity index (χ4n) is 1.44. The van der Waals surface area contributed by atoms with Gasteiger partial charge < -0.3 is 4.74 Å². The Morgan fingerprint density at radius 1 is 1.46 bits per heavy atom. The van der Waals surface area contributed by atoms with Crippen molar-refractivity contribution in [3.8, 4) is 5.75 Å². The fourth-order valence-corrected chi connectivity index (χ4v) is 1.44. The van der Waals surface area contributed by atoms with Crippen LogP contribution in [0.15, 0.2) is 18.2 Å². The van der Waals surface area contributed by atoms with Gasteiger partial charge in [-0.05, 0) is 25.0 Å². The van der Waals surface area contributed by atoms with Crippen molar-refractivity contribution in [3.05, 3.63) is 29.3 Å². The number of benzene rings is 1. The van der Waals surface area contributed by atoms with Crippen molar-refractivity contribution in [2.24, 2.45) is 0 Å². The second-order valence-corrected chi connectivity index (χ2v) is 2.90. The minimum atomic E-state index is 0.0642. The van der Waals surface area contributed by atoms with Gasteiger partial charge in [0.25, 0.3) is 0 Å². The fraction of sp³-hybridized carbons (Fsp3) is 0.364. The molecule has 0 bridgehead atoms.